The molecule has 1 N–H and O–H groups in total. The predicted molar refractivity (Wildman–Crippen MR) is 131 cm³/mol. The highest BCUT2D eigenvalue weighted by molar-refractivity contribution is 7.89. The predicted octanol–water partition coefficient (Wildman–Crippen LogP) is 1.32. The van der Waals surface area contributed by atoms with E-state index in [-0.39, 0.29) is 31.1 Å². The van der Waals surface area contributed by atoms with Crippen LogP contribution in [-0.2, 0) is 36.1 Å². The van der Waals surface area contributed by atoms with Crippen LogP contribution in [0.2, 0.25) is 5.02 Å². The minimum absolute atomic E-state index is 0.0257. The Labute approximate surface area is 210 Å². The average molecular weight is 546 g/mol. The van der Waals surface area contributed by atoms with Crippen molar-refractivity contribution < 1.29 is 31.1 Å². The standard InChI is InChI=1S/C22H28ClN3O7S2/c1-34(28,29)26(16-18-4-2-3-5-21(18)23)17-22(27)24-10-13-33-19-6-8-20(9-7-19)35(30,31)25-11-14-32-15-12-25/h2-9H,10-17H2,1H3,(H,24,27). The minimum atomic E-state index is -3.65. The van der Waals surface area contributed by atoms with E-state index in [1.807, 2.05) is 0 Å². The molecule has 10 nitrogen and oxygen atoms in total. The zero-order valence-corrected chi connectivity index (χ0v) is 21.6. The second-order valence-electron chi connectivity index (χ2n) is 7.81. The second-order valence-corrected chi connectivity index (χ2v) is 12.1. The molecule has 1 amide bonds. The molecule has 2 aromatic carbocycles. The molecule has 35 heavy (non-hydrogen) atoms. The van der Waals surface area contributed by atoms with E-state index in [0.717, 1.165) is 10.6 Å². The maximum absolute atomic E-state index is 12.7. The van der Waals surface area contributed by atoms with Gasteiger partial charge in [0.15, 0.2) is 0 Å². The number of morpholine rings is 1. The van der Waals surface area contributed by atoms with Crippen LogP contribution < -0.4 is 10.1 Å². The van der Waals surface area contributed by atoms with Gasteiger partial charge in [0.2, 0.25) is 26.0 Å². The first-order valence-electron chi connectivity index (χ1n) is 10.8. The van der Waals surface area contributed by atoms with Crippen LogP contribution in [0.15, 0.2) is 53.4 Å². The molecule has 1 aliphatic heterocycles. The number of hydrogen-bond donors (Lipinski definition) is 1. The molecule has 0 unspecified atom stereocenters. The summed E-state index contributed by atoms with van der Waals surface area (Å²) in [5.74, 6) is -0.0466. The molecule has 1 aliphatic rings. The lowest BCUT2D eigenvalue weighted by Gasteiger charge is -2.26. The Kier molecular flexibility index (Phi) is 9.50. The molecule has 13 heteroatoms. The molecule has 1 heterocycles. The second kappa shape index (κ2) is 12.2. The monoisotopic (exact) mass is 545 g/mol. The van der Waals surface area contributed by atoms with Crippen molar-refractivity contribution in [3.63, 3.8) is 0 Å². The van der Waals surface area contributed by atoms with Crippen molar-refractivity contribution in [1.82, 2.24) is 13.9 Å². The minimum Gasteiger partial charge on any atom is -0.492 e. The number of carbonyl (C=O) groups excluding carboxylic acids is 1. The van der Waals surface area contributed by atoms with Crippen LogP contribution in [0.4, 0.5) is 0 Å². The Morgan fingerprint density at radius 1 is 1.09 bits per heavy atom. The topological polar surface area (TPSA) is 122 Å². The third kappa shape index (κ3) is 7.89. The van der Waals surface area contributed by atoms with Crippen LogP contribution in [0, 0.1) is 0 Å². The van der Waals surface area contributed by atoms with E-state index in [9.17, 15) is 21.6 Å². The number of rotatable bonds is 11. The van der Waals surface area contributed by atoms with Gasteiger partial charge in [-0.15, -0.1) is 0 Å². The number of carbonyl (C=O) groups is 1. The van der Waals surface area contributed by atoms with Crippen molar-refractivity contribution in [1.29, 1.82) is 0 Å². The summed E-state index contributed by atoms with van der Waals surface area (Å²) in [6.45, 7) is 1.23. The molecule has 0 spiro atoms. The summed E-state index contributed by atoms with van der Waals surface area (Å²) >= 11 is 6.11. The van der Waals surface area contributed by atoms with Gasteiger partial charge in [0.25, 0.3) is 0 Å². The van der Waals surface area contributed by atoms with Gasteiger partial charge in [-0.2, -0.15) is 8.61 Å². The molecule has 0 aliphatic carbocycles. The summed E-state index contributed by atoms with van der Waals surface area (Å²) in [7, 11) is -7.24. The SMILES string of the molecule is CS(=O)(=O)N(CC(=O)NCCOc1ccc(S(=O)(=O)N2CCOCC2)cc1)Cc1ccccc1Cl. The first-order valence-corrected chi connectivity index (χ1v) is 14.5. The fourth-order valence-corrected chi connectivity index (χ4v) is 5.66. The summed E-state index contributed by atoms with van der Waals surface area (Å²) in [5, 5.41) is 3.03. The third-order valence-corrected chi connectivity index (χ3v) is 8.70. The summed E-state index contributed by atoms with van der Waals surface area (Å²) in [6.07, 6.45) is 1.03. The molecular weight excluding hydrogens is 518 g/mol. The fourth-order valence-electron chi connectivity index (χ4n) is 3.33. The highest BCUT2D eigenvalue weighted by atomic mass is 35.5. The van der Waals surface area contributed by atoms with E-state index in [0.29, 0.717) is 42.6 Å². The Morgan fingerprint density at radius 2 is 1.74 bits per heavy atom. The number of sulfonamides is 2. The number of amides is 1. The van der Waals surface area contributed by atoms with Crippen LogP contribution >= 0.6 is 11.6 Å². The van der Waals surface area contributed by atoms with Gasteiger partial charge in [-0.1, -0.05) is 29.8 Å². The molecule has 0 radical (unpaired) electrons. The van der Waals surface area contributed by atoms with E-state index in [4.69, 9.17) is 21.1 Å². The summed E-state index contributed by atoms with van der Waals surface area (Å²) in [4.78, 5) is 12.5. The summed E-state index contributed by atoms with van der Waals surface area (Å²) in [6, 6.07) is 12.9. The first kappa shape index (κ1) is 27.4. The lowest BCUT2D eigenvalue weighted by molar-refractivity contribution is -0.121. The van der Waals surface area contributed by atoms with E-state index >= 15 is 0 Å². The average Bonchev–Trinajstić information content (AvgIpc) is 2.83. The molecule has 3 rings (SSSR count). The van der Waals surface area contributed by atoms with Crippen LogP contribution in [0.1, 0.15) is 5.56 Å². The van der Waals surface area contributed by atoms with Gasteiger partial charge in [0.1, 0.15) is 12.4 Å². The highest BCUT2D eigenvalue weighted by Gasteiger charge is 2.26. The normalized spacial score (nSPS) is 15.2. The van der Waals surface area contributed by atoms with E-state index in [1.54, 1.807) is 36.4 Å². The Morgan fingerprint density at radius 3 is 2.37 bits per heavy atom. The van der Waals surface area contributed by atoms with Gasteiger partial charge in [-0.05, 0) is 35.9 Å². The van der Waals surface area contributed by atoms with Crippen LogP contribution in [0.5, 0.6) is 5.75 Å². The van der Waals surface area contributed by atoms with Gasteiger partial charge >= 0.3 is 0 Å². The number of nitrogens with one attached hydrogen (secondary N) is 1. The van der Waals surface area contributed by atoms with Gasteiger partial charge in [0, 0.05) is 24.7 Å². The van der Waals surface area contributed by atoms with Crippen LogP contribution in [-0.4, -0.2) is 83.6 Å². The van der Waals surface area contributed by atoms with E-state index in [1.165, 1.54) is 16.4 Å². The number of halogens is 1. The quantitative estimate of drug-likeness (QED) is 0.422. The largest absolute Gasteiger partial charge is 0.492 e. The smallest absolute Gasteiger partial charge is 0.243 e. The molecule has 0 aromatic heterocycles. The molecule has 1 saturated heterocycles. The maximum atomic E-state index is 12.7. The number of hydrogen-bond acceptors (Lipinski definition) is 7. The van der Waals surface area contributed by atoms with Gasteiger partial charge in [-0.25, -0.2) is 16.8 Å². The van der Waals surface area contributed by atoms with Gasteiger partial charge in [-0.3, -0.25) is 4.79 Å². The van der Waals surface area contributed by atoms with Crippen LogP contribution in [0.3, 0.4) is 0 Å². The zero-order chi connectivity index (χ0) is 25.5. The molecular formula is C22H28ClN3O7S2. The zero-order valence-electron chi connectivity index (χ0n) is 19.2. The molecule has 0 atom stereocenters. The molecule has 2 aromatic rings. The van der Waals surface area contributed by atoms with Crippen molar-refractivity contribution >= 4 is 37.6 Å². The maximum Gasteiger partial charge on any atom is 0.243 e. The Hall–Kier alpha value is -2.22. The van der Waals surface area contributed by atoms with Crippen molar-refractivity contribution in [2.45, 2.75) is 11.4 Å². The molecule has 192 valence electrons. The van der Waals surface area contributed by atoms with Crippen molar-refractivity contribution in [3.8, 4) is 5.75 Å². The Balaban J connectivity index is 1.47. The lowest BCUT2D eigenvalue weighted by atomic mass is 10.2. The van der Waals surface area contributed by atoms with E-state index in [2.05, 4.69) is 5.32 Å². The Bertz CT molecular complexity index is 1220. The third-order valence-electron chi connectivity index (χ3n) is 5.22. The highest BCUT2D eigenvalue weighted by Crippen LogP contribution is 2.21. The van der Waals surface area contributed by atoms with E-state index < -0.39 is 26.0 Å². The van der Waals surface area contributed by atoms with Crippen molar-refractivity contribution in [2.24, 2.45) is 0 Å². The number of ether oxygens (including phenoxy) is 2. The van der Waals surface area contributed by atoms with Crippen molar-refractivity contribution in [3.05, 3.63) is 59.1 Å². The van der Waals surface area contributed by atoms with Gasteiger partial charge < -0.3 is 14.8 Å². The summed E-state index contributed by atoms with van der Waals surface area (Å²) < 4.78 is 62.7. The fraction of sp³-hybridized carbons (Fsp3) is 0.409. The summed E-state index contributed by atoms with van der Waals surface area (Å²) in [5.41, 5.74) is 0.592. The molecule has 0 bridgehead atoms. The first-order chi connectivity index (χ1) is 16.6. The van der Waals surface area contributed by atoms with Crippen LogP contribution in [0.25, 0.3) is 0 Å². The number of benzene rings is 2. The molecule has 0 saturated carbocycles. The van der Waals surface area contributed by atoms with Crippen molar-refractivity contribution in [2.75, 3.05) is 52.3 Å². The lowest BCUT2D eigenvalue weighted by Crippen LogP contribution is -2.41. The van der Waals surface area contributed by atoms with Gasteiger partial charge in [0.05, 0.1) is 37.5 Å². The molecule has 1 fully saturated rings. The number of nitrogens with zero attached hydrogens (tertiary/aromatic N) is 2.